The van der Waals surface area contributed by atoms with Crippen LogP contribution in [0.15, 0.2) is 11.4 Å². The smallest absolute Gasteiger partial charge is 0.325 e. The van der Waals surface area contributed by atoms with Gasteiger partial charge in [0.2, 0.25) is 0 Å². The average Bonchev–Trinajstić information content (AvgIpc) is 2.89. The van der Waals surface area contributed by atoms with Crippen LogP contribution in [0.4, 0.5) is 4.79 Å². The molecular formula is C14H16N2O3S. The van der Waals surface area contributed by atoms with Gasteiger partial charge < -0.3 is 10.4 Å². The largest absolute Gasteiger partial charge is 0.395 e. The molecule has 1 fully saturated rings. The number of nitrogens with zero attached hydrogens (tertiary/aromatic N) is 1. The Kier molecular flexibility index (Phi) is 4.12. The van der Waals surface area contributed by atoms with Crippen LogP contribution in [0.5, 0.6) is 0 Å². The Bertz CT molecular complexity index is 595. The number of carbonyl (C=O) groups excluding carboxylic acids is 2. The van der Waals surface area contributed by atoms with Crippen LogP contribution in [0, 0.1) is 11.8 Å². The van der Waals surface area contributed by atoms with E-state index in [-0.39, 0.29) is 25.1 Å². The highest BCUT2D eigenvalue weighted by Crippen LogP contribution is 2.23. The van der Waals surface area contributed by atoms with Crippen molar-refractivity contribution < 1.29 is 14.7 Å². The molecule has 0 unspecified atom stereocenters. The van der Waals surface area contributed by atoms with E-state index in [9.17, 15) is 9.59 Å². The van der Waals surface area contributed by atoms with E-state index < -0.39 is 5.54 Å². The zero-order valence-electron chi connectivity index (χ0n) is 11.4. The Labute approximate surface area is 121 Å². The number of aliphatic hydroxyl groups excluding tert-OH is 1. The number of hydrogen-bond donors (Lipinski definition) is 2. The van der Waals surface area contributed by atoms with Gasteiger partial charge in [0.05, 0.1) is 13.2 Å². The SMILES string of the molecule is CC1(C)NC(=O)N(Cc2sccc2C#CCCO)C1=O. The van der Waals surface area contributed by atoms with Crippen LogP contribution in [0.2, 0.25) is 0 Å². The average molecular weight is 292 g/mol. The van der Waals surface area contributed by atoms with Crippen molar-refractivity contribution in [1.29, 1.82) is 0 Å². The number of nitrogens with one attached hydrogen (secondary N) is 1. The summed E-state index contributed by atoms with van der Waals surface area (Å²) >= 11 is 1.46. The Morgan fingerprint density at radius 1 is 1.45 bits per heavy atom. The molecule has 0 bridgehead atoms. The fourth-order valence-corrected chi connectivity index (χ4v) is 2.71. The maximum atomic E-state index is 12.1. The summed E-state index contributed by atoms with van der Waals surface area (Å²) in [5.41, 5.74) is -0.0504. The lowest BCUT2D eigenvalue weighted by Gasteiger charge is -2.15. The number of hydrogen-bond acceptors (Lipinski definition) is 4. The van der Waals surface area contributed by atoms with Gasteiger partial charge in [-0.2, -0.15) is 0 Å². The number of thiophene rings is 1. The van der Waals surface area contributed by atoms with E-state index in [1.165, 1.54) is 16.2 Å². The molecule has 106 valence electrons. The van der Waals surface area contributed by atoms with Crippen molar-refractivity contribution in [2.45, 2.75) is 32.4 Å². The first-order valence-corrected chi connectivity index (χ1v) is 7.14. The fourth-order valence-electron chi connectivity index (χ4n) is 1.89. The van der Waals surface area contributed by atoms with Gasteiger partial charge >= 0.3 is 6.03 Å². The molecular weight excluding hydrogens is 276 g/mol. The van der Waals surface area contributed by atoms with Crippen LogP contribution in [0.25, 0.3) is 0 Å². The van der Waals surface area contributed by atoms with Crippen molar-refractivity contribution in [3.63, 3.8) is 0 Å². The van der Waals surface area contributed by atoms with E-state index in [0.29, 0.717) is 6.42 Å². The predicted octanol–water partition coefficient (Wildman–Crippen LogP) is 1.31. The van der Waals surface area contributed by atoms with Crippen molar-refractivity contribution in [1.82, 2.24) is 10.2 Å². The second kappa shape index (κ2) is 5.65. The maximum absolute atomic E-state index is 12.1. The lowest BCUT2D eigenvalue weighted by molar-refractivity contribution is -0.130. The first-order chi connectivity index (χ1) is 9.45. The van der Waals surface area contributed by atoms with Gasteiger partial charge in [0.1, 0.15) is 5.54 Å². The molecule has 6 heteroatoms. The first kappa shape index (κ1) is 14.6. The molecule has 5 nitrogen and oxygen atoms in total. The van der Waals surface area contributed by atoms with Crippen molar-refractivity contribution in [3.8, 4) is 11.8 Å². The summed E-state index contributed by atoms with van der Waals surface area (Å²) in [6.45, 7) is 3.62. The predicted molar refractivity (Wildman–Crippen MR) is 76.1 cm³/mol. The van der Waals surface area contributed by atoms with Crippen LogP contribution in [-0.2, 0) is 11.3 Å². The molecule has 1 aliphatic heterocycles. The molecule has 2 rings (SSSR count). The standard InChI is InChI=1S/C14H16N2O3S/c1-14(2)12(18)16(13(19)15-14)9-11-10(6-8-20-11)5-3-4-7-17/h6,8,17H,4,7,9H2,1-2H3,(H,15,19). The van der Waals surface area contributed by atoms with E-state index in [4.69, 9.17) is 5.11 Å². The number of rotatable bonds is 3. The molecule has 0 aliphatic carbocycles. The summed E-state index contributed by atoms with van der Waals surface area (Å²) in [5, 5.41) is 13.2. The lowest BCUT2D eigenvalue weighted by Crippen LogP contribution is -2.40. The molecule has 3 amide bonds. The van der Waals surface area contributed by atoms with Gasteiger partial charge in [-0.05, 0) is 25.3 Å². The van der Waals surface area contributed by atoms with E-state index >= 15 is 0 Å². The Balaban J connectivity index is 2.16. The fraction of sp³-hybridized carbons (Fsp3) is 0.429. The second-order valence-corrected chi connectivity index (χ2v) is 5.98. The van der Waals surface area contributed by atoms with Gasteiger partial charge in [0, 0.05) is 16.9 Å². The molecule has 0 radical (unpaired) electrons. The van der Waals surface area contributed by atoms with Crippen LogP contribution in [0.1, 0.15) is 30.7 Å². The van der Waals surface area contributed by atoms with E-state index in [2.05, 4.69) is 17.2 Å². The normalized spacial score (nSPS) is 16.9. The minimum atomic E-state index is -0.850. The lowest BCUT2D eigenvalue weighted by atomic mass is 10.1. The van der Waals surface area contributed by atoms with Gasteiger partial charge in [-0.1, -0.05) is 11.8 Å². The van der Waals surface area contributed by atoms with Crippen LogP contribution in [0.3, 0.4) is 0 Å². The Morgan fingerprint density at radius 2 is 2.20 bits per heavy atom. The van der Waals surface area contributed by atoms with Crippen molar-refractivity contribution in [3.05, 3.63) is 21.9 Å². The third-order valence-corrected chi connectivity index (χ3v) is 3.86. The number of imide groups is 1. The number of urea groups is 1. The minimum absolute atomic E-state index is 0.0215. The Hall–Kier alpha value is -1.84. The summed E-state index contributed by atoms with van der Waals surface area (Å²) in [5.74, 6) is 5.56. The Morgan fingerprint density at radius 3 is 2.80 bits per heavy atom. The number of carbonyl (C=O) groups is 2. The molecule has 0 aromatic carbocycles. The van der Waals surface area contributed by atoms with E-state index in [0.717, 1.165) is 10.4 Å². The summed E-state index contributed by atoms with van der Waals surface area (Å²) in [6.07, 6.45) is 0.408. The number of aliphatic hydroxyl groups is 1. The highest BCUT2D eigenvalue weighted by Gasteiger charge is 2.44. The van der Waals surface area contributed by atoms with Crippen LogP contribution >= 0.6 is 11.3 Å². The van der Waals surface area contributed by atoms with Crippen molar-refractivity contribution in [2.24, 2.45) is 0 Å². The molecule has 0 spiro atoms. The summed E-state index contributed by atoms with van der Waals surface area (Å²) in [4.78, 5) is 26.0. The molecule has 2 heterocycles. The van der Waals surface area contributed by atoms with Crippen LogP contribution in [-0.4, -0.2) is 34.1 Å². The maximum Gasteiger partial charge on any atom is 0.325 e. The first-order valence-electron chi connectivity index (χ1n) is 6.26. The van der Waals surface area contributed by atoms with Gasteiger partial charge in [0.25, 0.3) is 5.91 Å². The van der Waals surface area contributed by atoms with Crippen molar-refractivity contribution >= 4 is 23.3 Å². The zero-order chi connectivity index (χ0) is 14.8. The molecule has 1 saturated heterocycles. The molecule has 1 aromatic rings. The quantitative estimate of drug-likeness (QED) is 0.652. The number of amides is 3. The molecule has 0 saturated carbocycles. The minimum Gasteiger partial charge on any atom is -0.395 e. The van der Waals surface area contributed by atoms with E-state index in [1.54, 1.807) is 13.8 Å². The topological polar surface area (TPSA) is 69.6 Å². The second-order valence-electron chi connectivity index (χ2n) is 4.98. The molecule has 20 heavy (non-hydrogen) atoms. The summed E-state index contributed by atoms with van der Waals surface area (Å²) in [6, 6.07) is 1.48. The third-order valence-electron chi connectivity index (χ3n) is 2.95. The third kappa shape index (κ3) is 2.84. The summed E-state index contributed by atoms with van der Waals surface area (Å²) in [7, 11) is 0. The van der Waals surface area contributed by atoms with Gasteiger partial charge in [0.15, 0.2) is 0 Å². The monoisotopic (exact) mass is 292 g/mol. The van der Waals surface area contributed by atoms with Crippen LogP contribution < -0.4 is 5.32 Å². The highest BCUT2D eigenvalue weighted by atomic mass is 32.1. The van der Waals surface area contributed by atoms with Gasteiger partial charge in [-0.15, -0.1) is 11.3 Å². The van der Waals surface area contributed by atoms with Gasteiger partial charge in [-0.25, -0.2) is 4.79 Å². The van der Waals surface area contributed by atoms with Crippen molar-refractivity contribution in [2.75, 3.05) is 6.61 Å². The molecule has 0 atom stereocenters. The molecule has 2 N–H and O–H groups in total. The summed E-state index contributed by atoms with van der Waals surface area (Å²) < 4.78 is 0. The van der Waals surface area contributed by atoms with E-state index in [1.807, 2.05) is 11.4 Å². The molecule has 1 aliphatic rings. The van der Waals surface area contributed by atoms with Gasteiger partial charge in [-0.3, -0.25) is 9.69 Å². The highest BCUT2D eigenvalue weighted by molar-refractivity contribution is 7.10. The molecule has 1 aromatic heterocycles. The zero-order valence-corrected chi connectivity index (χ0v) is 12.2.